The molecule has 148 valence electrons. The number of hydrogen-bond donors (Lipinski definition) is 3. The highest BCUT2D eigenvalue weighted by Gasteiger charge is 2.21. The second-order valence-corrected chi connectivity index (χ2v) is 5.12. The van der Waals surface area contributed by atoms with Crippen LogP contribution in [0.15, 0.2) is 0 Å². The highest BCUT2D eigenvalue weighted by Crippen LogP contribution is 2.01. The van der Waals surface area contributed by atoms with Crippen molar-refractivity contribution in [2.45, 2.75) is 79.1 Å². The minimum atomic E-state index is -1.82. The van der Waals surface area contributed by atoms with Crippen LogP contribution in [0.3, 0.4) is 0 Å². The van der Waals surface area contributed by atoms with E-state index in [2.05, 4.69) is 0 Å². The van der Waals surface area contributed by atoms with E-state index in [-0.39, 0.29) is 18.3 Å². The Morgan fingerprint density at radius 2 is 0.960 bits per heavy atom. The number of esters is 2. The number of carbonyl (C=O) groups excluding carboxylic acids is 2. The summed E-state index contributed by atoms with van der Waals surface area (Å²) in [5, 5.41) is 23.1. The smallest absolute Gasteiger partial charge is 0.417 e. The molecule has 0 heterocycles. The second kappa shape index (κ2) is 16.7. The van der Waals surface area contributed by atoms with Crippen LogP contribution in [0.1, 0.15) is 60.8 Å². The summed E-state index contributed by atoms with van der Waals surface area (Å²) >= 11 is 0. The Bertz CT molecular complexity index is 370. The van der Waals surface area contributed by atoms with Crippen molar-refractivity contribution in [2.75, 3.05) is 0 Å². The van der Waals surface area contributed by atoms with Gasteiger partial charge in [-0.2, -0.15) is 0 Å². The van der Waals surface area contributed by atoms with Gasteiger partial charge in [0.25, 0.3) is 0 Å². The molecule has 0 aromatic carbocycles. The van der Waals surface area contributed by atoms with E-state index < -0.39 is 23.9 Å². The van der Waals surface area contributed by atoms with Gasteiger partial charge in [0.1, 0.15) is 0 Å². The van der Waals surface area contributed by atoms with E-state index in [0.29, 0.717) is 12.8 Å². The summed E-state index contributed by atoms with van der Waals surface area (Å²) in [5.41, 5.74) is 0. The van der Waals surface area contributed by atoms with Crippen molar-refractivity contribution < 1.29 is 44.0 Å². The SMILES string of the molecule is CCC(C)O.CCC(C)OC(=O)C(=O)OC(C)CC.O=C(O)C(=O)O. The number of aliphatic hydroxyl groups excluding tert-OH is 1. The van der Waals surface area contributed by atoms with Gasteiger partial charge in [-0.3, -0.25) is 0 Å². The highest BCUT2D eigenvalue weighted by molar-refractivity contribution is 6.29. The van der Waals surface area contributed by atoms with Crippen LogP contribution in [0.2, 0.25) is 0 Å². The number of carbonyl (C=O) groups is 4. The van der Waals surface area contributed by atoms with Crippen molar-refractivity contribution in [3.05, 3.63) is 0 Å². The van der Waals surface area contributed by atoms with Gasteiger partial charge in [-0.25, -0.2) is 19.2 Å². The summed E-state index contributed by atoms with van der Waals surface area (Å²) in [6.07, 6.45) is 1.62. The molecule has 0 aromatic heterocycles. The van der Waals surface area contributed by atoms with Crippen LogP contribution in [0.25, 0.3) is 0 Å². The standard InChI is InChI=1S/C10H18O4.C4H10O.C2H2O4/c1-5-7(3)13-9(11)10(12)14-8(4)6-2;1-3-4(2)5;3-1(4)2(5)6/h7-8H,5-6H2,1-4H3;4-5H,3H2,1-2H3;(H,3,4)(H,5,6). The maximum absolute atomic E-state index is 11.1. The fourth-order valence-electron chi connectivity index (χ4n) is 0.628. The number of aliphatic hydroxyl groups is 1. The molecule has 0 fully saturated rings. The molecule has 3 unspecified atom stereocenters. The molecule has 0 saturated heterocycles. The molecule has 25 heavy (non-hydrogen) atoms. The summed E-state index contributed by atoms with van der Waals surface area (Å²) < 4.78 is 9.59. The minimum Gasteiger partial charge on any atom is -0.473 e. The van der Waals surface area contributed by atoms with Gasteiger partial charge >= 0.3 is 23.9 Å². The minimum absolute atomic E-state index is 0.116. The Morgan fingerprint density at radius 1 is 0.720 bits per heavy atom. The van der Waals surface area contributed by atoms with Gasteiger partial charge in [0, 0.05) is 0 Å². The summed E-state index contributed by atoms with van der Waals surface area (Å²) in [5.74, 6) is -5.45. The van der Waals surface area contributed by atoms with Crippen LogP contribution < -0.4 is 0 Å². The molecule has 9 heteroatoms. The van der Waals surface area contributed by atoms with E-state index in [1.54, 1.807) is 20.8 Å². The largest absolute Gasteiger partial charge is 0.473 e. The zero-order valence-electron chi connectivity index (χ0n) is 15.6. The van der Waals surface area contributed by atoms with E-state index in [0.717, 1.165) is 6.42 Å². The highest BCUT2D eigenvalue weighted by atomic mass is 16.6. The molecule has 3 atom stereocenters. The molecule has 0 rings (SSSR count). The molecular weight excluding hydrogens is 336 g/mol. The van der Waals surface area contributed by atoms with Gasteiger partial charge in [-0.1, -0.05) is 20.8 Å². The Balaban J connectivity index is -0.000000362. The first-order valence-corrected chi connectivity index (χ1v) is 7.98. The molecule has 0 bridgehead atoms. The van der Waals surface area contributed by atoms with E-state index >= 15 is 0 Å². The van der Waals surface area contributed by atoms with Crippen molar-refractivity contribution in [1.82, 2.24) is 0 Å². The molecule has 0 aliphatic carbocycles. The van der Waals surface area contributed by atoms with Crippen molar-refractivity contribution in [1.29, 1.82) is 0 Å². The van der Waals surface area contributed by atoms with Crippen LogP contribution in [0, 0.1) is 0 Å². The maximum atomic E-state index is 11.1. The Hall–Kier alpha value is -2.16. The zero-order chi connectivity index (χ0) is 20.6. The number of ether oxygens (including phenoxy) is 2. The Morgan fingerprint density at radius 3 is 1.08 bits per heavy atom. The third-order valence-corrected chi connectivity index (χ3v) is 2.71. The number of hydrogen-bond acceptors (Lipinski definition) is 7. The summed E-state index contributed by atoms with van der Waals surface area (Å²) in [7, 11) is 0. The third kappa shape index (κ3) is 21.8. The molecule has 0 spiro atoms. The molecular formula is C16H30O9. The predicted molar refractivity (Wildman–Crippen MR) is 88.9 cm³/mol. The molecule has 0 radical (unpaired) electrons. The topological polar surface area (TPSA) is 147 Å². The summed E-state index contributed by atoms with van der Waals surface area (Å²) in [4.78, 5) is 40.3. The number of carboxylic acids is 2. The van der Waals surface area contributed by atoms with Crippen molar-refractivity contribution in [3.63, 3.8) is 0 Å². The van der Waals surface area contributed by atoms with Crippen molar-refractivity contribution in [3.8, 4) is 0 Å². The quantitative estimate of drug-likeness (QED) is 0.487. The lowest BCUT2D eigenvalue weighted by molar-refractivity contribution is -0.173. The maximum Gasteiger partial charge on any atom is 0.417 e. The Labute approximate surface area is 147 Å². The van der Waals surface area contributed by atoms with Gasteiger partial charge in [0.05, 0.1) is 18.3 Å². The van der Waals surface area contributed by atoms with Crippen LogP contribution >= 0.6 is 0 Å². The summed E-state index contributed by atoms with van der Waals surface area (Å²) in [6, 6.07) is 0. The van der Waals surface area contributed by atoms with E-state index in [9.17, 15) is 9.59 Å². The van der Waals surface area contributed by atoms with E-state index in [1.165, 1.54) is 0 Å². The first-order valence-electron chi connectivity index (χ1n) is 7.98. The number of carboxylic acid groups (broad SMARTS) is 2. The fraction of sp³-hybridized carbons (Fsp3) is 0.750. The van der Waals surface area contributed by atoms with Gasteiger partial charge in [-0.15, -0.1) is 0 Å². The third-order valence-electron chi connectivity index (χ3n) is 2.71. The van der Waals surface area contributed by atoms with Crippen LogP contribution in [-0.4, -0.2) is 57.5 Å². The van der Waals surface area contributed by atoms with E-state index in [4.69, 9.17) is 34.4 Å². The zero-order valence-corrected chi connectivity index (χ0v) is 15.6. The van der Waals surface area contributed by atoms with Crippen molar-refractivity contribution in [2.24, 2.45) is 0 Å². The molecule has 0 aliphatic heterocycles. The fourth-order valence-corrected chi connectivity index (χ4v) is 0.628. The van der Waals surface area contributed by atoms with Crippen molar-refractivity contribution >= 4 is 23.9 Å². The average molecular weight is 366 g/mol. The lowest BCUT2D eigenvalue weighted by Gasteiger charge is -2.12. The molecule has 0 aliphatic rings. The van der Waals surface area contributed by atoms with Crippen LogP contribution in [0.5, 0.6) is 0 Å². The number of aliphatic carboxylic acids is 2. The van der Waals surface area contributed by atoms with Gasteiger partial charge in [0.2, 0.25) is 0 Å². The van der Waals surface area contributed by atoms with Crippen LogP contribution in [0.4, 0.5) is 0 Å². The first kappa shape index (κ1) is 27.7. The molecule has 0 aromatic rings. The average Bonchev–Trinajstić information content (AvgIpc) is 2.55. The Kier molecular flexibility index (Phi) is 18.5. The normalized spacial score (nSPS) is 12.8. The molecule has 0 saturated carbocycles. The monoisotopic (exact) mass is 366 g/mol. The predicted octanol–water partition coefficient (Wildman–Crippen LogP) is 1.60. The molecule has 0 amide bonds. The van der Waals surface area contributed by atoms with Crippen LogP contribution in [-0.2, 0) is 28.7 Å². The molecule has 9 nitrogen and oxygen atoms in total. The molecule has 3 N–H and O–H groups in total. The lowest BCUT2D eigenvalue weighted by atomic mass is 10.3. The van der Waals surface area contributed by atoms with Gasteiger partial charge < -0.3 is 24.8 Å². The van der Waals surface area contributed by atoms with Gasteiger partial charge in [-0.05, 0) is 40.0 Å². The first-order chi connectivity index (χ1) is 11.4. The van der Waals surface area contributed by atoms with Gasteiger partial charge in [0.15, 0.2) is 0 Å². The van der Waals surface area contributed by atoms with E-state index in [1.807, 2.05) is 20.8 Å². The second-order valence-electron chi connectivity index (χ2n) is 5.12. The summed E-state index contributed by atoms with van der Waals surface area (Å²) in [6.45, 7) is 10.9. The lowest BCUT2D eigenvalue weighted by Crippen LogP contribution is -2.27. The number of rotatable bonds is 5.